The zero-order chi connectivity index (χ0) is 11.0. The van der Waals surface area contributed by atoms with Crippen molar-refractivity contribution in [3.05, 3.63) is 0 Å². The van der Waals surface area contributed by atoms with Crippen molar-refractivity contribution in [2.75, 3.05) is 13.3 Å². The standard InChI is InChI=1S/C8H12F2O4/c9-3-1-2-8(13)14-5-6(10)4-7(11)12/h6H,1-5H2,(H,11,12). The van der Waals surface area contributed by atoms with Crippen LogP contribution in [0.2, 0.25) is 0 Å². The molecule has 1 unspecified atom stereocenters. The molecule has 82 valence electrons. The van der Waals surface area contributed by atoms with E-state index < -0.39 is 37.8 Å². The molecule has 0 aliphatic rings. The van der Waals surface area contributed by atoms with E-state index in [1.807, 2.05) is 0 Å². The molecule has 0 fully saturated rings. The Kier molecular flexibility index (Phi) is 6.61. The summed E-state index contributed by atoms with van der Waals surface area (Å²) in [5, 5.41) is 8.16. The number of halogens is 2. The van der Waals surface area contributed by atoms with Crippen LogP contribution in [0, 0.1) is 0 Å². The predicted octanol–water partition coefficient (Wildman–Crippen LogP) is 1.09. The lowest BCUT2D eigenvalue weighted by Crippen LogP contribution is -2.18. The second-order valence-corrected chi connectivity index (χ2v) is 2.67. The molecule has 0 rings (SSSR count). The van der Waals surface area contributed by atoms with Crippen molar-refractivity contribution in [3.8, 4) is 0 Å². The molecule has 0 saturated heterocycles. The first-order valence-electron chi connectivity index (χ1n) is 4.13. The Labute approximate surface area is 79.9 Å². The quantitative estimate of drug-likeness (QED) is 0.639. The Hall–Kier alpha value is -1.20. The summed E-state index contributed by atoms with van der Waals surface area (Å²) >= 11 is 0. The molecule has 1 N–H and O–H groups in total. The Bertz CT molecular complexity index is 196. The van der Waals surface area contributed by atoms with Gasteiger partial charge in [0.1, 0.15) is 12.8 Å². The Morgan fingerprint density at radius 3 is 2.57 bits per heavy atom. The smallest absolute Gasteiger partial charge is 0.306 e. The lowest BCUT2D eigenvalue weighted by atomic mass is 10.3. The number of alkyl halides is 2. The highest BCUT2D eigenvalue weighted by atomic mass is 19.1. The van der Waals surface area contributed by atoms with Gasteiger partial charge in [0.25, 0.3) is 0 Å². The van der Waals surface area contributed by atoms with Gasteiger partial charge in [0, 0.05) is 6.42 Å². The molecule has 0 aliphatic heterocycles. The third-order valence-electron chi connectivity index (χ3n) is 1.34. The molecule has 0 bridgehead atoms. The van der Waals surface area contributed by atoms with Crippen LogP contribution in [0.25, 0.3) is 0 Å². The summed E-state index contributed by atoms with van der Waals surface area (Å²) in [6, 6.07) is 0. The average molecular weight is 210 g/mol. The molecule has 0 aliphatic carbocycles. The lowest BCUT2D eigenvalue weighted by molar-refractivity contribution is -0.148. The molecule has 0 aromatic heterocycles. The van der Waals surface area contributed by atoms with Gasteiger partial charge in [-0.25, -0.2) is 4.39 Å². The van der Waals surface area contributed by atoms with Crippen LogP contribution >= 0.6 is 0 Å². The molecule has 6 heteroatoms. The third kappa shape index (κ3) is 7.45. The fourth-order valence-electron chi connectivity index (χ4n) is 0.715. The number of carbonyl (C=O) groups excluding carboxylic acids is 1. The second kappa shape index (κ2) is 7.23. The summed E-state index contributed by atoms with van der Waals surface area (Å²) in [7, 11) is 0. The number of esters is 1. The summed E-state index contributed by atoms with van der Waals surface area (Å²) in [5.74, 6) is -2.01. The molecule has 0 radical (unpaired) electrons. The van der Waals surface area contributed by atoms with Crippen molar-refractivity contribution in [1.29, 1.82) is 0 Å². The molecule has 0 aromatic carbocycles. The Morgan fingerprint density at radius 2 is 2.07 bits per heavy atom. The van der Waals surface area contributed by atoms with Gasteiger partial charge in [-0.05, 0) is 6.42 Å². The van der Waals surface area contributed by atoms with Crippen LogP contribution in [0.1, 0.15) is 19.3 Å². The van der Waals surface area contributed by atoms with E-state index >= 15 is 0 Å². The minimum Gasteiger partial charge on any atom is -0.481 e. The maximum atomic E-state index is 12.6. The van der Waals surface area contributed by atoms with E-state index in [1.54, 1.807) is 0 Å². The molecular weight excluding hydrogens is 198 g/mol. The Balaban J connectivity index is 3.50. The molecule has 0 aromatic rings. The van der Waals surface area contributed by atoms with Crippen molar-refractivity contribution >= 4 is 11.9 Å². The van der Waals surface area contributed by atoms with Crippen LogP contribution in [0.15, 0.2) is 0 Å². The van der Waals surface area contributed by atoms with Crippen LogP contribution in [0.5, 0.6) is 0 Å². The van der Waals surface area contributed by atoms with Crippen LogP contribution in [-0.4, -0.2) is 36.5 Å². The largest absolute Gasteiger partial charge is 0.481 e. The summed E-state index contributed by atoms with van der Waals surface area (Å²) < 4.78 is 28.5. The van der Waals surface area contributed by atoms with Crippen LogP contribution < -0.4 is 0 Å². The fourth-order valence-corrected chi connectivity index (χ4v) is 0.715. The van der Waals surface area contributed by atoms with Gasteiger partial charge >= 0.3 is 11.9 Å². The number of aliphatic carboxylic acids is 1. The van der Waals surface area contributed by atoms with Crippen molar-refractivity contribution in [3.63, 3.8) is 0 Å². The fraction of sp³-hybridized carbons (Fsp3) is 0.750. The van der Waals surface area contributed by atoms with Crippen LogP contribution in [-0.2, 0) is 14.3 Å². The van der Waals surface area contributed by atoms with E-state index in [1.165, 1.54) is 0 Å². The van der Waals surface area contributed by atoms with E-state index in [0.29, 0.717) is 0 Å². The number of hydrogen-bond acceptors (Lipinski definition) is 3. The highest BCUT2D eigenvalue weighted by molar-refractivity contribution is 5.69. The van der Waals surface area contributed by atoms with Gasteiger partial charge in [-0.1, -0.05) is 0 Å². The molecule has 4 nitrogen and oxygen atoms in total. The highest BCUT2D eigenvalue weighted by Gasteiger charge is 2.13. The average Bonchev–Trinajstić information content (AvgIpc) is 2.10. The summed E-state index contributed by atoms with van der Waals surface area (Å²) in [6.07, 6.45) is -2.48. The second-order valence-electron chi connectivity index (χ2n) is 2.67. The number of carboxylic acids is 1. The first kappa shape index (κ1) is 12.8. The molecule has 1 atom stereocenters. The summed E-state index contributed by atoms with van der Waals surface area (Å²) in [4.78, 5) is 20.7. The minimum atomic E-state index is -1.71. The van der Waals surface area contributed by atoms with Gasteiger partial charge in [0.15, 0.2) is 0 Å². The monoisotopic (exact) mass is 210 g/mol. The Morgan fingerprint density at radius 1 is 1.43 bits per heavy atom. The zero-order valence-electron chi connectivity index (χ0n) is 7.54. The van der Waals surface area contributed by atoms with Crippen molar-refractivity contribution < 1.29 is 28.2 Å². The van der Waals surface area contributed by atoms with Crippen molar-refractivity contribution in [1.82, 2.24) is 0 Å². The third-order valence-corrected chi connectivity index (χ3v) is 1.34. The molecule has 14 heavy (non-hydrogen) atoms. The summed E-state index contributed by atoms with van der Waals surface area (Å²) in [6.45, 7) is -1.22. The van der Waals surface area contributed by atoms with E-state index in [-0.39, 0.29) is 12.8 Å². The summed E-state index contributed by atoms with van der Waals surface area (Å²) in [5.41, 5.74) is 0. The first-order valence-corrected chi connectivity index (χ1v) is 4.13. The van der Waals surface area contributed by atoms with Gasteiger partial charge in [0.05, 0.1) is 13.1 Å². The van der Waals surface area contributed by atoms with Crippen molar-refractivity contribution in [2.24, 2.45) is 0 Å². The minimum absolute atomic E-state index is 0.0364. The molecule has 0 saturated carbocycles. The number of hydrogen-bond donors (Lipinski definition) is 1. The SMILES string of the molecule is O=C(O)CC(F)COC(=O)CCCF. The predicted molar refractivity (Wildman–Crippen MR) is 43.3 cm³/mol. The van der Waals surface area contributed by atoms with Gasteiger partial charge in [-0.15, -0.1) is 0 Å². The van der Waals surface area contributed by atoms with E-state index in [2.05, 4.69) is 4.74 Å². The molecule has 0 heterocycles. The van der Waals surface area contributed by atoms with Crippen LogP contribution in [0.3, 0.4) is 0 Å². The van der Waals surface area contributed by atoms with Crippen LogP contribution in [0.4, 0.5) is 8.78 Å². The molecule has 0 amide bonds. The van der Waals surface area contributed by atoms with Gasteiger partial charge in [-0.3, -0.25) is 14.0 Å². The van der Waals surface area contributed by atoms with Gasteiger partial charge < -0.3 is 9.84 Å². The van der Waals surface area contributed by atoms with Crippen molar-refractivity contribution in [2.45, 2.75) is 25.4 Å². The van der Waals surface area contributed by atoms with E-state index in [4.69, 9.17) is 5.11 Å². The topological polar surface area (TPSA) is 63.6 Å². The maximum absolute atomic E-state index is 12.6. The highest BCUT2D eigenvalue weighted by Crippen LogP contribution is 2.01. The number of rotatable bonds is 7. The number of ether oxygens (including phenoxy) is 1. The van der Waals surface area contributed by atoms with Gasteiger partial charge in [-0.2, -0.15) is 0 Å². The first-order chi connectivity index (χ1) is 6.56. The van der Waals surface area contributed by atoms with E-state index in [0.717, 1.165) is 0 Å². The lowest BCUT2D eigenvalue weighted by Gasteiger charge is -2.06. The van der Waals surface area contributed by atoms with E-state index in [9.17, 15) is 18.4 Å². The molecular formula is C8H12F2O4. The number of carboxylic acid groups (broad SMARTS) is 1. The maximum Gasteiger partial charge on any atom is 0.306 e. The van der Waals surface area contributed by atoms with Gasteiger partial charge in [0.2, 0.25) is 0 Å². The number of carbonyl (C=O) groups is 2. The molecule has 0 spiro atoms. The normalized spacial score (nSPS) is 12.1. The zero-order valence-corrected chi connectivity index (χ0v) is 7.54.